The van der Waals surface area contributed by atoms with Gasteiger partial charge in [0.05, 0.1) is 5.56 Å². The molecule has 200 valence electrons. The molecule has 1 aliphatic rings. The van der Waals surface area contributed by atoms with Gasteiger partial charge in [-0.05, 0) is 48.4 Å². The van der Waals surface area contributed by atoms with Crippen molar-refractivity contribution in [2.75, 3.05) is 13.7 Å². The maximum absolute atomic E-state index is 12.5. The van der Waals surface area contributed by atoms with E-state index in [0.29, 0.717) is 5.56 Å². The van der Waals surface area contributed by atoms with E-state index in [4.69, 9.17) is 23.1 Å². The van der Waals surface area contributed by atoms with Gasteiger partial charge in [-0.15, -0.1) is 0 Å². The number of hydrogen-bond acceptors (Lipinski definition) is 7. The number of ether oxygens (including phenoxy) is 3. The van der Waals surface area contributed by atoms with Gasteiger partial charge in [0.25, 0.3) is 0 Å². The molecule has 9 heteroatoms. The Bertz CT molecular complexity index is 830. The highest BCUT2D eigenvalue weighted by molar-refractivity contribution is 6.74. The van der Waals surface area contributed by atoms with E-state index in [1.165, 1.54) is 0 Å². The van der Waals surface area contributed by atoms with Gasteiger partial charge in [-0.2, -0.15) is 0 Å². The monoisotopic (exact) mass is 526 g/mol. The minimum absolute atomic E-state index is 0.0557. The third-order valence-corrected chi connectivity index (χ3v) is 16.7. The van der Waals surface area contributed by atoms with Crippen molar-refractivity contribution in [3.63, 3.8) is 0 Å². The maximum atomic E-state index is 12.5. The fourth-order valence-corrected chi connectivity index (χ4v) is 5.91. The molecular weight excluding hydrogens is 480 g/mol. The Kier molecular flexibility index (Phi) is 9.58. The molecule has 0 amide bonds. The van der Waals surface area contributed by atoms with Crippen molar-refractivity contribution in [1.82, 2.24) is 0 Å². The number of esters is 1. The van der Waals surface area contributed by atoms with E-state index in [1.807, 2.05) is 6.07 Å². The van der Waals surface area contributed by atoms with Crippen LogP contribution in [0.3, 0.4) is 0 Å². The molecule has 0 radical (unpaired) electrons. The lowest BCUT2D eigenvalue weighted by atomic mass is 9.99. The Hall–Kier alpha value is -1.08. The quantitative estimate of drug-likeness (QED) is 0.361. The van der Waals surface area contributed by atoms with Gasteiger partial charge >= 0.3 is 5.97 Å². The lowest BCUT2D eigenvalue weighted by Crippen LogP contribution is -2.66. The van der Waals surface area contributed by atoms with Crippen LogP contribution in [0.15, 0.2) is 30.3 Å². The van der Waals surface area contributed by atoms with Crippen LogP contribution in [0.25, 0.3) is 0 Å². The van der Waals surface area contributed by atoms with Crippen LogP contribution in [-0.2, 0) is 23.1 Å². The molecule has 7 nitrogen and oxygen atoms in total. The summed E-state index contributed by atoms with van der Waals surface area (Å²) in [6.45, 7) is 21.4. The van der Waals surface area contributed by atoms with E-state index in [2.05, 4.69) is 67.7 Å². The number of hydrogen-bond donors (Lipinski definition) is 1. The first-order chi connectivity index (χ1) is 15.9. The number of carbonyl (C=O) groups is 1. The first-order valence-electron chi connectivity index (χ1n) is 12.4. The minimum atomic E-state index is -2.31. The van der Waals surface area contributed by atoms with E-state index in [9.17, 15) is 9.90 Å². The van der Waals surface area contributed by atoms with Crippen LogP contribution in [0.1, 0.15) is 51.9 Å². The van der Waals surface area contributed by atoms with Gasteiger partial charge in [0, 0.05) is 7.11 Å². The van der Waals surface area contributed by atoms with Crippen LogP contribution >= 0.6 is 0 Å². The molecule has 0 unspecified atom stereocenters. The van der Waals surface area contributed by atoms with Gasteiger partial charge in [0.2, 0.25) is 0 Å². The smallest absolute Gasteiger partial charge is 0.338 e. The van der Waals surface area contributed by atoms with Gasteiger partial charge in [-0.25, -0.2) is 4.79 Å². The van der Waals surface area contributed by atoms with E-state index in [-0.39, 0.29) is 16.7 Å². The topological polar surface area (TPSA) is 83.5 Å². The predicted molar refractivity (Wildman–Crippen MR) is 143 cm³/mol. The van der Waals surface area contributed by atoms with Crippen LogP contribution in [-0.4, -0.2) is 72.1 Å². The molecule has 5 atom stereocenters. The second-order valence-corrected chi connectivity index (χ2v) is 21.9. The van der Waals surface area contributed by atoms with Crippen molar-refractivity contribution in [1.29, 1.82) is 0 Å². The lowest BCUT2D eigenvalue weighted by molar-refractivity contribution is -0.287. The summed E-state index contributed by atoms with van der Waals surface area (Å²) in [5.41, 5.74) is 0.439. The van der Waals surface area contributed by atoms with Crippen molar-refractivity contribution in [3.8, 4) is 0 Å². The van der Waals surface area contributed by atoms with Crippen molar-refractivity contribution >= 4 is 22.6 Å². The number of aliphatic hydroxyl groups is 1. The molecular formula is C26H46O7Si2. The average Bonchev–Trinajstić information content (AvgIpc) is 2.74. The number of methoxy groups -OCH3 is 1. The summed E-state index contributed by atoms with van der Waals surface area (Å²) >= 11 is 0. The third kappa shape index (κ3) is 7.24. The first-order valence-corrected chi connectivity index (χ1v) is 18.2. The summed E-state index contributed by atoms with van der Waals surface area (Å²) in [7, 11) is -3.02. The highest BCUT2D eigenvalue weighted by Gasteiger charge is 2.54. The van der Waals surface area contributed by atoms with Crippen LogP contribution in [0.2, 0.25) is 36.3 Å². The van der Waals surface area contributed by atoms with Crippen LogP contribution in [0.5, 0.6) is 0 Å². The summed E-state index contributed by atoms with van der Waals surface area (Å²) < 4.78 is 30.9. The van der Waals surface area contributed by atoms with Gasteiger partial charge < -0.3 is 28.2 Å². The zero-order chi connectivity index (χ0) is 26.8. The molecule has 0 saturated carbocycles. The summed E-state index contributed by atoms with van der Waals surface area (Å²) in [5, 5.41) is 11.4. The van der Waals surface area contributed by atoms with Crippen LogP contribution in [0, 0.1) is 0 Å². The molecule has 0 aromatic heterocycles. The molecule has 0 spiro atoms. The van der Waals surface area contributed by atoms with Crippen molar-refractivity contribution < 1.29 is 33.0 Å². The molecule has 0 bridgehead atoms. The van der Waals surface area contributed by atoms with Crippen molar-refractivity contribution in [2.24, 2.45) is 0 Å². The Morgan fingerprint density at radius 2 is 1.40 bits per heavy atom. The van der Waals surface area contributed by atoms with Crippen LogP contribution < -0.4 is 0 Å². The first kappa shape index (κ1) is 30.1. The normalized spacial score (nSPS) is 26.5. The van der Waals surface area contributed by atoms with Gasteiger partial charge in [0.15, 0.2) is 22.9 Å². The lowest BCUT2D eigenvalue weighted by Gasteiger charge is -2.51. The Labute approximate surface area is 213 Å². The number of carbonyl (C=O) groups excluding carboxylic acids is 1. The molecule has 1 aromatic rings. The van der Waals surface area contributed by atoms with E-state index < -0.39 is 53.3 Å². The molecule has 1 saturated heterocycles. The predicted octanol–water partition coefficient (Wildman–Crippen LogP) is 5.36. The highest BCUT2D eigenvalue weighted by Crippen LogP contribution is 2.43. The average molecular weight is 527 g/mol. The summed E-state index contributed by atoms with van der Waals surface area (Å²) in [5.74, 6) is -0.475. The third-order valence-electron chi connectivity index (χ3n) is 7.71. The highest BCUT2D eigenvalue weighted by atomic mass is 28.4. The molecule has 1 aromatic carbocycles. The molecule has 1 aliphatic heterocycles. The SMILES string of the molecule is CO[C@H]1O[C@H](COC(=O)c2ccccc2)[C@@H](O)[C@H](O[Si](C)(C)C(C)(C)C)[C@H]1O[Si](C)(C)C(C)(C)C. The zero-order valence-corrected chi connectivity index (χ0v) is 25.4. The fourth-order valence-electron chi connectivity index (χ4n) is 3.33. The van der Waals surface area contributed by atoms with Gasteiger partial charge in [0.1, 0.15) is 31.0 Å². The molecule has 35 heavy (non-hydrogen) atoms. The number of benzene rings is 1. The Morgan fingerprint density at radius 3 is 1.86 bits per heavy atom. The molecule has 1 heterocycles. The fraction of sp³-hybridized carbons (Fsp3) is 0.731. The standard InChI is InChI=1S/C26H46O7Si2/c1-25(2,3)34(8,9)32-21-20(27)19(17-30-23(28)18-15-13-12-14-16-18)31-24(29-7)22(21)33-35(10,11)26(4,5)6/h12-16,19-22,24,27H,17H2,1-11H3/t19-,20-,21+,22-,24+/m1/s1. The Morgan fingerprint density at radius 1 is 0.914 bits per heavy atom. The van der Waals surface area contributed by atoms with E-state index in [0.717, 1.165) is 0 Å². The number of rotatable bonds is 8. The second-order valence-electron chi connectivity index (χ2n) is 12.4. The minimum Gasteiger partial charge on any atom is -0.459 e. The molecule has 1 N–H and O–H groups in total. The van der Waals surface area contributed by atoms with Gasteiger partial charge in [-0.3, -0.25) is 0 Å². The van der Waals surface area contributed by atoms with Crippen molar-refractivity contribution in [3.05, 3.63) is 35.9 Å². The number of aliphatic hydroxyl groups excluding tert-OH is 1. The van der Waals surface area contributed by atoms with Crippen LogP contribution in [0.4, 0.5) is 0 Å². The van der Waals surface area contributed by atoms with Crippen molar-refractivity contribution in [2.45, 2.75) is 109 Å². The second kappa shape index (κ2) is 11.1. The largest absolute Gasteiger partial charge is 0.459 e. The molecule has 1 fully saturated rings. The summed E-state index contributed by atoms with van der Waals surface area (Å²) in [4.78, 5) is 12.5. The van der Waals surface area contributed by atoms with Gasteiger partial charge in [-0.1, -0.05) is 59.7 Å². The molecule has 0 aliphatic carbocycles. The Balaban J connectivity index is 2.34. The zero-order valence-electron chi connectivity index (χ0n) is 23.4. The summed E-state index contributed by atoms with van der Waals surface area (Å²) in [6.07, 6.45) is -3.96. The maximum Gasteiger partial charge on any atom is 0.338 e. The molecule has 2 rings (SSSR count). The van der Waals surface area contributed by atoms with E-state index >= 15 is 0 Å². The summed E-state index contributed by atoms with van der Waals surface area (Å²) in [6, 6.07) is 8.75. The van der Waals surface area contributed by atoms with E-state index in [1.54, 1.807) is 31.4 Å².